The zero-order valence-electron chi connectivity index (χ0n) is 15.1. The number of ether oxygens (including phenoxy) is 1. The van der Waals surface area contributed by atoms with Crippen LogP contribution >= 0.6 is 23.5 Å². The first kappa shape index (κ1) is 26.5. The van der Waals surface area contributed by atoms with Gasteiger partial charge in [-0.1, -0.05) is 5.11 Å². The van der Waals surface area contributed by atoms with Crippen LogP contribution in [0.3, 0.4) is 0 Å². The molecular weight excluding hydrogens is 512 g/mol. The third-order valence-corrected chi connectivity index (χ3v) is 7.33. The number of nitrogen functional groups attached to an aromatic ring is 1. The number of nitrogens with zero attached hydrogens (tertiary/aromatic N) is 5. The SMILES string of the molecule is [N-]=[N+]=N[C@]1(COP(=O)(O)OP(=O)(O)OP(=O)(O)O)O[C@@H](n2ccc(N)nc2=O)[C@@H](F)[C@@H]1O. The van der Waals surface area contributed by atoms with Crippen molar-refractivity contribution in [3.63, 3.8) is 0 Å². The number of halogens is 1. The number of aliphatic hydroxyl groups is 1. The summed E-state index contributed by atoms with van der Waals surface area (Å²) in [5.74, 6) is -0.242. The molecule has 6 atom stereocenters. The van der Waals surface area contributed by atoms with Crippen LogP contribution in [0.4, 0.5) is 10.2 Å². The van der Waals surface area contributed by atoms with Gasteiger partial charge in [0.05, 0.1) is 6.61 Å². The molecule has 1 aliphatic heterocycles. The van der Waals surface area contributed by atoms with Gasteiger partial charge in [-0.25, -0.2) is 22.9 Å². The molecule has 0 aromatic carbocycles. The highest BCUT2D eigenvalue weighted by atomic mass is 31.3. The van der Waals surface area contributed by atoms with Gasteiger partial charge in [-0.05, 0) is 11.6 Å². The minimum absolute atomic E-state index is 0.242. The molecule has 1 aliphatic rings. The third-order valence-electron chi connectivity index (χ3n) is 3.55. The van der Waals surface area contributed by atoms with E-state index in [-0.39, 0.29) is 5.82 Å². The number of anilines is 1. The highest BCUT2D eigenvalue weighted by molar-refractivity contribution is 7.66. The van der Waals surface area contributed by atoms with Gasteiger partial charge in [-0.3, -0.25) is 9.09 Å². The summed E-state index contributed by atoms with van der Waals surface area (Å²) in [4.78, 5) is 53.1. The molecule has 0 saturated carbocycles. The number of alkyl halides is 1. The van der Waals surface area contributed by atoms with E-state index < -0.39 is 60.0 Å². The second-order valence-electron chi connectivity index (χ2n) is 5.84. The average Bonchev–Trinajstić information content (AvgIpc) is 2.83. The molecule has 1 saturated heterocycles. The van der Waals surface area contributed by atoms with Crippen molar-refractivity contribution in [1.29, 1.82) is 0 Å². The van der Waals surface area contributed by atoms with Gasteiger partial charge in [0.2, 0.25) is 5.72 Å². The Hall–Kier alpha value is -1.75. The maximum absolute atomic E-state index is 14.7. The van der Waals surface area contributed by atoms with Gasteiger partial charge in [0, 0.05) is 11.1 Å². The smallest absolute Gasteiger partial charge is 0.387 e. The molecule has 7 N–H and O–H groups in total. The molecule has 1 fully saturated rings. The second-order valence-corrected chi connectivity index (χ2v) is 10.3. The van der Waals surface area contributed by atoms with Gasteiger partial charge in [-0.15, -0.1) is 0 Å². The van der Waals surface area contributed by atoms with E-state index in [9.17, 15) is 32.9 Å². The van der Waals surface area contributed by atoms with Gasteiger partial charge in [-0.2, -0.15) is 13.6 Å². The largest absolute Gasteiger partial charge is 0.490 e. The van der Waals surface area contributed by atoms with Gasteiger partial charge < -0.3 is 35.2 Å². The lowest BCUT2D eigenvalue weighted by molar-refractivity contribution is -0.122. The number of nitrogens with two attached hydrogens (primary N) is 1. The first-order valence-electron chi connectivity index (χ1n) is 7.70. The maximum Gasteiger partial charge on any atom is 0.490 e. The van der Waals surface area contributed by atoms with Crippen molar-refractivity contribution in [2.75, 3.05) is 12.3 Å². The Kier molecular flexibility index (Phi) is 7.66. The summed E-state index contributed by atoms with van der Waals surface area (Å²) in [5.41, 5.74) is 10.1. The maximum atomic E-state index is 14.7. The Morgan fingerprint density at radius 3 is 2.47 bits per heavy atom. The van der Waals surface area contributed by atoms with Crippen LogP contribution in [0.1, 0.15) is 6.23 Å². The third kappa shape index (κ3) is 6.40. The lowest BCUT2D eigenvalue weighted by Gasteiger charge is -2.27. The molecule has 2 unspecified atom stereocenters. The van der Waals surface area contributed by atoms with Crippen LogP contribution < -0.4 is 11.4 Å². The second kappa shape index (κ2) is 9.24. The van der Waals surface area contributed by atoms with E-state index in [1.54, 1.807) is 0 Å². The van der Waals surface area contributed by atoms with Gasteiger partial charge in [0.15, 0.2) is 12.4 Å². The van der Waals surface area contributed by atoms with Crippen LogP contribution in [0.25, 0.3) is 10.4 Å². The number of hydrogen-bond donors (Lipinski definition) is 6. The summed E-state index contributed by atoms with van der Waals surface area (Å²) >= 11 is 0. The summed E-state index contributed by atoms with van der Waals surface area (Å²) in [6.07, 6.45) is -6.02. The Morgan fingerprint density at radius 1 is 1.31 bits per heavy atom. The van der Waals surface area contributed by atoms with E-state index in [1.165, 1.54) is 0 Å². The fourth-order valence-electron chi connectivity index (χ4n) is 2.36. The normalized spacial score (nSPS) is 29.6. The molecule has 1 aromatic heterocycles. The van der Waals surface area contributed by atoms with Crippen LogP contribution in [0, 0.1) is 0 Å². The van der Waals surface area contributed by atoms with Crippen molar-refractivity contribution in [3.8, 4) is 0 Å². The van der Waals surface area contributed by atoms with Crippen LogP contribution in [-0.4, -0.2) is 58.8 Å². The van der Waals surface area contributed by atoms with Crippen molar-refractivity contribution in [2.24, 2.45) is 5.11 Å². The average molecular weight is 526 g/mol. The fourth-order valence-corrected chi connectivity index (χ4v) is 5.41. The topological polar surface area (TPSA) is 299 Å². The first-order chi connectivity index (χ1) is 14.5. The zero-order chi connectivity index (χ0) is 24.5. The number of aliphatic hydroxyl groups excluding tert-OH is 1. The van der Waals surface area contributed by atoms with Gasteiger partial charge >= 0.3 is 29.2 Å². The van der Waals surface area contributed by atoms with Crippen molar-refractivity contribution >= 4 is 29.3 Å². The van der Waals surface area contributed by atoms with E-state index in [4.69, 9.17) is 30.7 Å². The van der Waals surface area contributed by atoms with Crippen LogP contribution in [-0.2, 0) is 31.6 Å². The first-order valence-corrected chi connectivity index (χ1v) is 12.2. The molecule has 0 radical (unpaired) electrons. The molecular formula is C9H14FN6O13P3. The van der Waals surface area contributed by atoms with Gasteiger partial charge in [0.25, 0.3) is 0 Å². The summed E-state index contributed by atoms with van der Waals surface area (Å²) < 4.78 is 65.3. The summed E-state index contributed by atoms with van der Waals surface area (Å²) in [5, 5.41) is 13.1. The monoisotopic (exact) mass is 526 g/mol. The zero-order valence-corrected chi connectivity index (χ0v) is 17.8. The molecule has 0 aliphatic carbocycles. The summed E-state index contributed by atoms with van der Waals surface area (Å²) in [6, 6.07) is 1.06. The number of phosphoric ester groups is 1. The molecule has 2 heterocycles. The van der Waals surface area contributed by atoms with Crippen LogP contribution in [0.5, 0.6) is 0 Å². The van der Waals surface area contributed by atoms with E-state index in [0.717, 1.165) is 12.3 Å². The highest BCUT2D eigenvalue weighted by Gasteiger charge is 2.57. The minimum atomic E-state index is -5.88. The molecule has 0 spiro atoms. The number of phosphoric acid groups is 3. The number of rotatable bonds is 9. The van der Waals surface area contributed by atoms with Gasteiger partial charge in [0.1, 0.15) is 11.9 Å². The molecule has 0 bridgehead atoms. The molecule has 1 aromatic rings. The Morgan fingerprint density at radius 2 is 1.94 bits per heavy atom. The highest BCUT2D eigenvalue weighted by Crippen LogP contribution is 2.66. The van der Waals surface area contributed by atoms with E-state index in [2.05, 4.69) is 28.2 Å². The molecule has 32 heavy (non-hydrogen) atoms. The molecule has 180 valence electrons. The molecule has 0 amide bonds. The van der Waals surface area contributed by atoms with Crippen molar-refractivity contribution < 1.29 is 60.6 Å². The Labute approximate surface area is 175 Å². The lowest BCUT2D eigenvalue weighted by Crippen LogP contribution is -2.44. The Balaban J connectivity index is 2.28. The predicted molar refractivity (Wildman–Crippen MR) is 95.6 cm³/mol. The number of hydrogen-bond acceptors (Lipinski definition) is 12. The van der Waals surface area contributed by atoms with E-state index in [1.807, 2.05) is 0 Å². The minimum Gasteiger partial charge on any atom is -0.387 e. The van der Waals surface area contributed by atoms with Crippen molar-refractivity contribution in [1.82, 2.24) is 9.55 Å². The van der Waals surface area contributed by atoms with Crippen molar-refractivity contribution in [3.05, 3.63) is 33.2 Å². The standard InChI is InChI=1S/C9H14FN6O13P3/c10-5-6(17)9(14-15-12,27-7(5)16-2-1-4(11)13-8(16)18)3-26-31(22,23)29-32(24,25)28-30(19,20)21/h1-2,5-7,17H,3H2,(H,22,23)(H,24,25)(H2,11,13,18)(H2,19,20,21)/t5-,6-,7+,9+/m0/s1. The van der Waals surface area contributed by atoms with E-state index >= 15 is 0 Å². The van der Waals surface area contributed by atoms with Crippen LogP contribution in [0.15, 0.2) is 22.2 Å². The summed E-state index contributed by atoms with van der Waals surface area (Å²) in [6.45, 7) is -1.52. The summed E-state index contributed by atoms with van der Waals surface area (Å²) in [7, 11) is -17.3. The fraction of sp³-hybridized carbons (Fsp3) is 0.556. The molecule has 2 rings (SSSR count). The number of aromatic nitrogens is 2. The molecule has 19 nitrogen and oxygen atoms in total. The number of azide groups is 1. The lowest BCUT2D eigenvalue weighted by atomic mass is 10.1. The molecule has 23 heteroatoms. The van der Waals surface area contributed by atoms with E-state index in [0.29, 0.717) is 4.57 Å². The quantitative estimate of drug-likeness (QED) is 0.101. The van der Waals surface area contributed by atoms with Crippen LogP contribution in [0.2, 0.25) is 0 Å². The van der Waals surface area contributed by atoms with Crippen molar-refractivity contribution in [2.45, 2.75) is 24.2 Å². The Bertz CT molecular complexity index is 1120. The predicted octanol–water partition coefficient (Wildman–Crippen LogP) is -0.597.